The van der Waals surface area contributed by atoms with E-state index in [9.17, 15) is 9.36 Å². The number of hydrogen-bond acceptors (Lipinski definition) is 4. The summed E-state index contributed by atoms with van der Waals surface area (Å²) in [5.41, 5.74) is 0.632. The minimum absolute atomic E-state index is 0.246. The standard InChI is InChI=1S/C9H12NO6P/c11-9(12)8(16-17(13,14)15)6-10-7-4-2-1-3-5-7/h1-5,8,10H,6H2,(H,11,12)(H2,13,14,15). The molecule has 1 aromatic carbocycles. The van der Waals surface area contributed by atoms with Crippen molar-refractivity contribution >= 4 is 19.5 Å². The number of rotatable bonds is 6. The van der Waals surface area contributed by atoms with Crippen LogP contribution in [-0.2, 0) is 13.9 Å². The van der Waals surface area contributed by atoms with E-state index >= 15 is 0 Å². The first kappa shape index (κ1) is 13.7. The molecule has 0 saturated heterocycles. The molecule has 1 unspecified atom stereocenters. The van der Waals surface area contributed by atoms with Crippen molar-refractivity contribution < 1.29 is 28.8 Å². The highest BCUT2D eigenvalue weighted by atomic mass is 31.2. The molecule has 1 rings (SSSR count). The molecule has 0 aliphatic carbocycles. The van der Waals surface area contributed by atoms with Crippen LogP contribution in [0.5, 0.6) is 0 Å². The normalized spacial score (nSPS) is 13.1. The SMILES string of the molecule is O=C(O)C(CNc1ccccc1)OP(=O)(O)O. The van der Waals surface area contributed by atoms with E-state index in [2.05, 4.69) is 9.84 Å². The number of benzene rings is 1. The van der Waals surface area contributed by atoms with Gasteiger partial charge >= 0.3 is 13.8 Å². The number of anilines is 1. The van der Waals surface area contributed by atoms with Gasteiger partial charge in [0.05, 0.1) is 6.54 Å². The van der Waals surface area contributed by atoms with Gasteiger partial charge in [-0.15, -0.1) is 0 Å². The Bertz CT molecular complexity index is 417. The molecule has 0 aromatic heterocycles. The Morgan fingerprint density at radius 3 is 2.41 bits per heavy atom. The van der Waals surface area contributed by atoms with Crippen LogP contribution in [0, 0.1) is 0 Å². The molecule has 0 amide bonds. The summed E-state index contributed by atoms with van der Waals surface area (Å²) in [5, 5.41) is 11.4. The van der Waals surface area contributed by atoms with Crippen molar-refractivity contribution in [3.05, 3.63) is 30.3 Å². The van der Waals surface area contributed by atoms with Crippen LogP contribution in [0.15, 0.2) is 30.3 Å². The molecule has 0 heterocycles. The fourth-order valence-corrected chi connectivity index (χ4v) is 1.60. The Labute approximate surface area is 97.3 Å². The van der Waals surface area contributed by atoms with E-state index in [0.29, 0.717) is 5.69 Å². The maximum absolute atomic E-state index is 10.7. The Hall–Kier alpha value is -1.40. The lowest BCUT2D eigenvalue weighted by Gasteiger charge is -2.15. The molecule has 7 nitrogen and oxygen atoms in total. The zero-order valence-electron chi connectivity index (χ0n) is 8.68. The third-order valence-corrected chi connectivity index (χ3v) is 2.33. The fourth-order valence-electron chi connectivity index (χ4n) is 1.10. The Balaban J connectivity index is 2.57. The fraction of sp³-hybridized carbons (Fsp3) is 0.222. The van der Waals surface area contributed by atoms with E-state index in [1.807, 2.05) is 0 Å². The van der Waals surface area contributed by atoms with Crippen LogP contribution in [0.25, 0.3) is 0 Å². The molecule has 0 spiro atoms. The minimum atomic E-state index is -4.82. The number of phosphoric acid groups is 1. The van der Waals surface area contributed by atoms with Crippen molar-refractivity contribution in [3.8, 4) is 0 Å². The van der Waals surface area contributed by atoms with Crippen LogP contribution in [-0.4, -0.2) is 33.5 Å². The van der Waals surface area contributed by atoms with E-state index in [4.69, 9.17) is 14.9 Å². The maximum atomic E-state index is 10.7. The number of carboxylic acids is 1. The molecule has 0 bridgehead atoms. The van der Waals surface area contributed by atoms with Gasteiger partial charge in [0, 0.05) is 5.69 Å². The second-order valence-electron chi connectivity index (χ2n) is 3.17. The molecule has 1 atom stereocenters. The Morgan fingerprint density at radius 2 is 1.94 bits per heavy atom. The smallest absolute Gasteiger partial charge is 0.470 e. The monoisotopic (exact) mass is 261 g/mol. The summed E-state index contributed by atoms with van der Waals surface area (Å²) in [7, 11) is -4.82. The van der Waals surface area contributed by atoms with E-state index in [-0.39, 0.29) is 6.54 Å². The van der Waals surface area contributed by atoms with Gasteiger partial charge in [0.2, 0.25) is 0 Å². The number of aliphatic carboxylic acids is 1. The molecule has 94 valence electrons. The molecule has 1 aromatic rings. The summed E-state index contributed by atoms with van der Waals surface area (Å²) >= 11 is 0. The predicted molar refractivity (Wildman–Crippen MR) is 59.5 cm³/mol. The summed E-state index contributed by atoms with van der Waals surface area (Å²) in [6, 6.07) is 8.64. The maximum Gasteiger partial charge on any atom is 0.470 e. The van der Waals surface area contributed by atoms with E-state index in [0.717, 1.165) is 0 Å². The van der Waals surface area contributed by atoms with Crippen LogP contribution in [0.2, 0.25) is 0 Å². The topological polar surface area (TPSA) is 116 Å². The molecule has 0 radical (unpaired) electrons. The lowest BCUT2D eigenvalue weighted by atomic mass is 10.3. The highest BCUT2D eigenvalue weighted by Gasteiger charge is 2.27. The number of nitrogens with one attached hydrogen (secondary N) is 1. The van der Waals surface area contributed by atoms with Crippen LogP contribution in [0.3, 0.4) is 0 Å². The molecular formula is C9H12NO6P. The van der Waals surface area contributed by atoms with Gasteiger partial charge in [0.15, 0.2) is 6.10 Å². The summed E-state index contributed by atoms with van der Waals surface area (Å²) in [5.74, 6) is -1.45. The van der Waals surface area contributed by atoms with Crippen LogP contribution >= 0.6 is 7.82 Å². The average Bonchev–Trinajstić information content (AvgIpc) is 2.24. The third kappa shape index (κ3) is 5.46. The lowest BCUT2D eigenvalue weighted by molar-refractivity contribution is -0.145. The van der Waals surface area contributed by atoms with E-state index in [1.54, 1.807) is 30.3 Å². The molecule has 0 aliphatic heterocycles. The van der Waals surface area contributed by atoms with Gasteiger partial charge in [-0.1, -0.05) is 18.2 Å². The van der Waals surface area contributed by atoms with Crippen molar-refractivity contribution in [2.75, 3.05) is 11.9 Å². The summed E-state index contributed by atoms with van der Waals surface area (Å²) in [6.07, 6.45) is -1.61. The van der Waals surface area contributed by atoms with Crippen LogP contribution in [0.4, 0.5) is 5.69 Å². The van der Waals surface area contributed by atoms with Crippen molar-refractivity contribution in [3.63, 3.8) is 0 Å². The number of hydrogen-bond donors (Lipinski definition) is 4. The molecular weight excluding hydrogens is 249 g/mol. The molecule has 4 N–H and O–H groups in total. The zero-order chi connectivity index (χ0) is 12.9. The zero-order valence-corrected chi connectivity index (χ0v) is 9.58. The number of para-hydroxylation sites is 1. The largest absolute Gasteiger partial charge is 0.479 e. The second-order valence-corrected chi connectivity index (χ2v) is 4.36. The van der Waals surface area contributed by atoms with Gasteiger partial charge in [-0.2, -0.15) is 0 Å². The Morgan fingerprint density at radius 1 is 1.35 bits per heavy atom. The highest BCUT2D eigenvalue weighted by molar-refractivity contribution is 7.46. The molecule has 0 saturated carbocycles. The van der Waals surface area contributed by atoms with Crippen molar-refractivity contribution in [1.29, 1.82) is 0 Å². The summed E-state index contributed by atoms with van der Waals surface area (Å²) in [6.45, 7) is -0.246. The van der Waals surface area contributed by atoms with E-state index in [1.165, 1.54) is 0 Å². The quantitative estimate of drug-likeness (QED) is 0.556. The van der Waals surface area contributed by atoms with Gasteiger partial charge in [-0.25, -0.2) is 9.36 Å². The number of carboxylic acid groups (broad SMARTS) is 1. The first-order chi connectivity index (χ1) is 7.88. The van der Waals surface area contributed by atoms with Crippen molar-refractivity contribution in [1.82, 2.24) is 0 Å². The Kier molecular flexibility index (Phi) is 4.65. The number of phosphoric ester groups is 1. The van der Waals surface area contributed by atoms with Gasteiger partial charge in [0.25, 0.3) is 0 Å². The van der Waals surface area contributed by atoms with Gasteiger partial charge < -0.3 is 20.2 Å². The molecule has 8 heteroatoms. The summed E-state index contributed by atoms with van der Waals surface area (Å²) < 4.78 is 14.7. The molecule has 0 aliphatic rings. The molecule has 17 heavy (non-hydrogen) atoms. The van der Waals surface area contributed by atoms with Gasteiger partial charge in [0.1, 0.15) is 0 Å². The van der Waals surface area contributed by atoms with Crippen LogP contribution < -0.4 is 5.32 Å². The highest BCUT2D eigenvalue weighted by Crippen LogP contribution is 2.37. The molecule has 0 fully saturated rings. The lowest BCUT2D eigenvalue weighted by Crippen LogP contribution is -2.30. The number of carbonyl (C=O) groups is 1. The summed E-state index contributed by atoms with van der Waals surface area (Å²) in [4.78, 5) is 27.8. The second kappa shape index (κ2) is 5.79. The van der Waals surface area contributed by atoms with Crippen molar-refractivity contribution in [2.45, 2.75) is 6.10 Å². The van der Waals surface area contributed by atoms with Crippen LogP contribution in [0.1, 0.15) is 0 Å². The van der Waals surface area contributed by atoms with E-state index < -0.39 is 19.9 Å². The average molecular weight is 261 g/mol. The third-order valence-electron chi connectivity index (χ3n) is 1.81. The van der Waals surface area contributed by atoms with Gasteiger partial charge in [-0.3, -0.25) is 4.52 Å². The first-order valence-electron chi connectivity index (χ1n) is 4.64. The van der Waals surface area contributed by atoms with Crippen molar-refractivity contribution in [2.24, 2.45) is 0 Å². The predicted octanol–water partition coefficient (Wildman–Crippen LogP) is 0.661. The van der Waals surface area contributed by atoms with Gasteiger partial charge in [-0.05, 0) is 12.1 Å². The minimum Gasteiger partial charge on any atom is -0.479 e. The first-order valence-corrected chi connectivity index (χ1v) is 6.17.